The highest BCUT2D eigenvalue weighted by Gasteiger charge is 2.11. The van der Waals surface area contributed by atoms with Gasteiger partial charge in [-0.2, -0.15) is 0 Å². The molecule has 0 aliphatic rings. The molecule has 2 N–H and O–H groups in total. The molecule has 2 aromatic carbocycles. The van der Waals surface area contributed by atoms with Crippen molar-refractivity contribution >= 4 is 38.4 Å². The number of carbonyl (C=O) groups excluding carboxylic acids is 1. The van der Waals surface area contributed by atoms with E-state index in [0.29, 0.717) is 16.7 Å². The van der Waals surface area contributed by atoms with E-state index in [4.69, 9.17) is 4.74 Å². The van der Waals surface area contributed by atoms with Crippen LogP contribution < -0.4 is 4.74 Å². The highest BCUT2D eigenvalue weighted by atomic mass is 79.9. The largest absolute Gasteiger partial charge is 0.493 e. The number of hydrogen-bond acceptors (Lipinski definition) is 4. The Morgan fingerprint density at radius 2 is 2.00 bits per heavy atom. The monoisotopic (exact) mass is 391 g/mol. The standard InChI is InChI=1S/C16H11BrFN3O3/c17-9-1-4-11(5-2-9)24-8-14(22)20-21-15-12-6-3-10(18)7-13(12)19-16(15)23/h1-7,19,23H,8H2. The number of nitrogens with zero attached hydrogens (tertiary/aromatic N) is 2. The number of rotatable bonds is 4. The lowest BCUT2D eigenvalue weighted by molar-refractivity contribution is -0.120. The predicted octanol–water partition coefficient (Wildman–Crippen LogP) is 4.46. The van der Waals surface area contributed by atoms with Gasteiger partial charge in [0.15, 0.2) is 12.3 Å². The molecule has 1 aromatic heterocycles. The van der Waals surface area contributed by atoms with Crippen LogP contribution in [0.5, 0.6) is 11.6 Å². The minimum absolute atomic E-state index is 0.0713. The van der Waals surface area contributed by atoms with Crippen LogP contribution in [0.15, 0.2) is 57.2 Å². The van der Waals surface area contributed by atoms with Crippen LogP contribution in [-0.2, 0) is 4.79 Å². The Kier molecular flexibility index (Phi) is 4.57. The third-order valence-corrected chi connectivity index (χ3v) is 3.68. The molecule has 1 amide bonds. The summed E-state index contributed by atoms with van der Waals surface area (Å²) in [6.45, 7) is -0.289. The van der Waals surface area contributed by atoms with Gasteiger partial charge in [0, 0.05) is 9.86 Å². The second-order valence-corrected chi connectivity index (χ2v) is 5.76. The molecule has 0 radical (unpaired) electrons. The van der Waals surface area contributed by atoms with Crippen LogP contribution in [0, 0.1) is 5.82 Å². The average molecular weight is 392 g/mol. The molecule has 3 rings (SSSR count). The molecule has 0 aliphatic carbocycles. The topological polar surface area (TPSA) is 87.0 Å². The smallest absolute Gasteiger partial charge is 0.302 e. The molecule has 122 valence electrons. The average Bonchev–Trinajstić information content (AvgIpc) is 2.86. The van der Waals surface area contributed by atoms with Crippen molar-refractivity contribution in [2.75, 3.05) is 6.61 Å². The molecule has 3 aromatic rings. The van der Waals surface area contributed by atoms with Crippen molar-refractivity contribution in [3.8, 4) is 11.6 Å². The zero-order valence-electron chi connectivity index (χ0n) is 12.2. The van der Waals surface area contributed by atoms with E-state index in [1.165, 1.54) is 18.2 Å². The zero-order chi connectivity index (χ0) is 17.1. The van der Waals surface area contributed by atoms with Gasteiger partial charge in [-0.3, -0.25) is 4.79 Å². The highest BCUT2D eigenvalue weighted by molar-refractivity contribution is 9.10. The summed E-state index contributed by atoms with van der Waals surface area (Å²) in [6, 6.07) is 10.9. The van der Waals surface area contributed by atoms with Gasteiger partial charge in [-0.05, 0) is 42.5 Å². The van der Waals surface area contributed by atoms with Gasteiger partial charge in [0.05, 0.1) is 5.52 Å². The number of carbonyl (C=O) groups is 1. The van der Waals surface area contributed by atoms with Crippen LogP contribution in [0.1, 0.15) is 0 Å². The number of aromatic amines is 1. The lowest BCUT2D eigenvalue weighted by Gasteiger charge is -2.02. The van der Waals surface area contributed by atoms with Gasteiger partial charge in [-0.15, -0.1) is 10.2 Å². The van der Waals surface area contributed by atoms with Gasteiger partial charge in [-0.25, -0.2) is 4.39 Å². The summed E-state index contributed by atoms with van der Waals surface area (Å²) in [4.78, 5) is 14.3. The van der Waals surface area contributed by atoms with Crippen molar-refractivity contribution in [1.29, 1.82) is 0 Å². The number of fused-ring (bicyclic) bond motifs is 1. The highest BCUT2D eigenvalue weighted by Crippen LogP contribution is 2.35. The van der Waals surface area contributed by atoms with Gasteiger partial charge >= 0.3 is 5.91 Å². The first-order chi connectivity index (χ1) is 11.5. The third kappa shape index (κ3) is 3.60. The van der Waals surface area contributed by atoms with E-state index in [2.05, 4.69) is 31.1 Å². The Morgan fingerprint density at radius 1 is 1.25 bits per heavy atom. The number of hydrogen-bond donors (Lipinski definition) is 2. The summed E-state index contributed by atoms with van der Waals surface area (Å²) in [7, 11) is 0. The Morgan fingerprint density at radius 3 is 2.75 bits per heavy atom. The number of halogens is 2. The third-order valence-electron chi connectivity index (χ3n) is 3.15. The van der Waals surface area contributed by atoms with Crippen molar-refractivity contribution in [3.63, 3.8) is 0 Å². The number of aromatic nitrogens is 1. The van der Waals surface area contributed by atoms with Gasteiger partial charge in [0.2, 0.25) is 5.88 Å². The van der Waals surface area contributed by atoms with E-state index in [-0.39, 0.29) is 18.2 Å². The Hall–Kier alpha value is -2.74. The Bertz CT molecular complexity index is 922. The van der Waals surface area contributed by atoms with Crippen LogP contribution in [0.2, 0.25) is 0 Å². The Balaban J connectivity index is 1.70. The normalized spacial score (nSPS) is 11.2. The summed E-state index contributed by atoms with van der Waals surface area (Å²) in [6.07, 6.45) is 0. The van der Waals surface area contributed by atoms with Crippen LogP contribution >= 0.6 is 15.9 Å². The number of amides is 1. The maximum atomic E-state index is 13.1. The number of aromatic hydroxyl groups is 1. The van der Waals surface area contributed by atoms with Crippen molar-refractivity contribution in [3.05, 3.63) is 52.8 Å². The molecule has 0 atom stereocenters. The molecule has 0 fully saturated rings. The Labute approximate surface area is 144 Å². The van der Waals surface area contributed by atoms with Crippen molar-refractivity contribution < 1.29 is 19.0 Å². The van der Waals surface area contributed by atoms with Gasteiger partial charge in [0.25, 0.3) is 0 Å². The predicted molar refractivity (Wildman–Crippen MR) is 89.1 cm³/mol. The summed E-state index contributed by atoms with van der Waals surface area (Å²) < 4.78 is 19.3. The molecule has 24 heavy (non-hydrogen) atoms. The first kappa shape index (κ1) is 16.1. The van der Waals surface area contributed by atoms with Crippen LogP contribution in [0.3, 0.4) is 0 Å². The fourth-order valence-electron chi connectivity index (χ4n) is 2.05. The first-order valence-corrected chi connectivity index (χ1v) is 7.65. The van der Waals surface area contributed by atoms with E-state index in [0.717, 1.165) is 4.47 Å². The van der Waals surface area contributed by atoms with Crippen molar-refractivity contribution in [2.45, 2.75) is 0 Å². The lowest BCUT2D eigenvalue weighted by Crippen LogP contribution is -2.07. The molecule has 8 heteroatoms. The van der Waals surface area contributed by atoms with Crippen LogP contribution in [0.4, 0.5) is 10.1 Å². The van der Waals surface area contributed by atoms with Gasteiger partial charge < -0.3 is 14.8 Å². The summed E-state index contributed by atoms with van der Waals surface area (Å²) in [5, 5.41) is 17.5. The van der Waals surface area contributed by atoms with Crippen molar-refractivity contribution in [2.24, 2.45) is 10.2 Å². The zero-order valence-corrected chi connectivity index (χ0v) is 13.7. The molecule has 1 heterocycles. The van der Waals surface area contributed by atoms with E-state index in [1.807, 2.05) is 0 Å². The molecule has 0 saturated heterocycles. The summed E-state index contributed by atoms with van der Waals surface area (Å²) in [5.74, 6) is -0.840. The molecule has 0 saturated carbocycles. The molecule has 6 nitrogen and oxygen atoms in total. The van der Waals surface area contributed by atoms with E-state index in [1.54, 1.807) is 24.3 Å². The molecular weight excluding hydrogens is 381 g/mol. The number of azo groups is 1. The summed E-state index contributed by atoms with van der Waals surface area (Å²) in [5.41, 5.74) is 0.432. The SMILES string of the molecule is O=C(COc1ccc(Br)cc1)N=Nc1c(O)[nH]c2cc(F)ccc12. The lowest BCUT2D eigenvalue weighted by atomic mass is 10.2. The van der Waals surface area contributed by atoms with Gasteiger partial charge in [0.1, 0.15) is 11.6 Å². The second kappa shape index (κ2) is 6.79. The molecule has 0 bridgehead atoms. The van der Waals surface area contributed by atoms with E-state index >= 15 is 0 Å². The second-order valence-electron chi connectivity index (χ2n) is 4.85. The minimum atomic E-state index is -0.617. The summed E-state index contributed by atoms with van der Waals surface area (Å²) >= 11 is 3.30. The van der Waals surface area contributed by atoms with Crippen LogP contribution in [-0.4, -0.2) is 22.6 Å². The number of ether oxygens (including phenoxy) is 1. The van der Waals surface area contributed by atoms with Gasteiger partial charge in [-0.1, -0.05) is 15.9 Å². The molecule has 0 spiro atoms. The molecule has 0 unspecified atom stereocenters. The fourth-order valence-corrected chi connectivity index (χ4v) is 2.32. The van der Waals surface area contributed by atoms with E-state index in [9.17, 15) is 14.3 Å². The molecule has 0 aliphatic heterocycles. The number of benzene rings is 2. The first-order valence-electron chi connectivity index (χ1n) is 6.86. The number of H-pyrrole nitrogens is 1. The van der Waals surface area contributed by atoms with E-state index < -0.39 is 11.7 Å². The number of nitrogens with one attached hydrogen (secondary N) is 1. The fraction of sp³-hybridized carbons (Fsp3) is 0.0625. The minimum Gasteiger partial charge on any atom is -0.493 e. The van der Waals surface area contributed by atoms with Crippen LogP contribution in [0.25, 0.3) is 10.9 Å². The quantitative estimate of drug-likeness (QED) is 0.643. The maximum absolute atomic E-state index is 13.1. The van der Waals surface area contributed by atoms with Crippen molar-refractivity contribution in [1.82, 2.24) is 4.98 Å². The maximum Gasteiger partial charge on any atom is 0.302 e. The molecular formula is C16H11BrFN3O3.